The van der Waals surface area contributed by atoms with Crippen LogP contribution >= 0.6 is 0 Å². The SMILES string of the molecule is COC(=O)c1cc(NC(=O)c2cc(OC)c(OC)cc2[N+](=O)[O-])cc(C)c1C. The van der Waals surface area contributed by atoms with Crippen LogP contribution in [0.4, 0.5) is 11.4 Å². The number of carbonyl (C=O) groups is 2. The molecule has 0 unspecified atom stereocenters. The van der Waals surface area contributed by atoms with Crippen LogP contribution in [-0.4, -0.2) is 38.1 Å². The molecule has 28 heavy (non-hydrogen) atoms. The molecule has 0 saturated carbocycles. The summed E-state index contributed by atoms with van der Waals surface area (Å²) < 4.78 is 14.9. The maximum atomic E-state index is 12.7. The van der Waals surface area contributed by atoms with Crippen LogP contribution in [0, 0.1) is 24.0 Å². The predicted molar refractivity (Wildman–Crippen MR) is 101 cm³/mol. The van der Waals surface area contributed by atoms with Crippen molar-refractivity contribution in [2.75, 3.05) is 26.6 Å². The molecule has 0 aromatic heterocycles. The van der Waals surface area contributed by atoms with E-state index in [1.807, 2.05) is 0 Å². The Morgan fingerprint density at radius 3 is 2.11 bits per heavy atom. The summed E-state index contributed by atoms with van der Waals surface area (Å²) in [6.45, 7) is 3.53. The van der Waals surface area contributed by atoms with Gasteiger partial charge in [-0.05, 0) is 37.1 Å². The number of carbonyl (C=O) groups excluding carboxylic acids is 2. The number of hydrogen-bond acceptors (Lipinski definition) is 7. The molecule has 9 heteroatoms. The molecule has 9 nitrogen and oxygen atoms in total. The molecular formula is C19H20N2O7. The van der Waals surface area contributed by atoms with Crippen molar-refractivity contribution in [3.63, 3.8) is 0 Å². The first-order valence-corrected chi connectivity index (χ1v) is 8.14. The minimum Gasteiger partial charge on any atom is -0.493 e. The summed E-state index contributed by atoms with van der Waals surface area (Å²) in [4.78, 5) is 35.4. The van der Waals surface area contributed by atoms with Crippen molar-refractivity contribution in [3.8, 4) is 11.5 Å². The summed E-state index contributed by atoms with van der Waals surface area (Å²) in [7, 11) is 3.96. The molecule has 2 rings (SSSR count). The highest BCUT2D eigenvalue weighted by Gasteiger charge is 2.25. The summed E-state index contributed by atoms with van der Waals surface area (Å²) in [5.74, 6) is -0.973. The van der Waals surface area contributed by atoms with Gasteiger partial charge in [-0.25, -0.2) is 4.79 Å². The standard InChI is InChI=1S/C19H20N2O7/c1-10-6-12(7-13(11(10)2)19(23)28-5)20-18(22)14-8-16(26-3)17(27-4)9-15(14)21(24)25/h6-9H,1-5H3,(H,20,22). The number of nitro groups is 1. The molecule has 0 heterocycles. The van der Waals surface area contributed by atoms with E-state index in [0.717, 1.165) is 11.6 Å². The lowest BCUT2D eigenvalue weighted by atomic mass is 10.0. The van der Waals surface area contributed by atoms with E-state index in [4.69, 9.17) is 14.2 Å². The number of nitrogens with zero attached hydrogens (tertiary/aromatic N) is 1. The van der Waals surface area contributed by atoms with Gasteiger partial charge < -0.3 is 19.5 Å². The zero-order valence-electron chi connectivity index (χ0n) is 16.1. The van der Waals surface area contributed by atoms with Gasteiger partial charge in [0, 0.05) is 11.8 Å². The molecular weight excluding hydrogens is 368 g/mol. The quantitative estimate of drug-likeness (QED) is 0.458. The zero-order chi connectivity index (χ0) is 21.0. The number of methoxy groups -OCH3 is 3. The van der Waals surface area contributed by atoms with Crippen molar-refractivity contribution in [1.82, 2.24) is 0 Å². The molecule has 0 fully saturated rings. The predicted octanol–water partition coefficient (Wildman–Crippen LogP) is 3.27. The molecule has 0 aliphatic carbocycles. The largest absolute Gasteiger partial charge is 0.493 e. The van der Waals surface area contributed by atoms with E-state index >= 15 is 0 Å². The van der Waals surface area contributed by atoms with Crippen molar-refractivity contribution in [1.29, 1.82) is 0 Å². The topological polar surface area (TPSA) is 117 Å². The number of esters is 1. The number of aryl methyl sites for hydroxylation is 1. The summed E-state index contributed by atoms with van der Waals surface area (Å²) >= 11 is 0. The Balaban J connectivity index is 2.49. The number of nitrogens with one attached hydrogen (secondary N) is 1. The number of amides is 1. The van der Waals surface area contributed by atoms with Gasteiger partial charge in [-0.1, -0.05) is 0 Å². The molecule has 0 spiro atoms. The van der Waals surface area contributed by atoms with Crippen molar-refractivity contribution < 1.29 is 28.7 Å². The van der Waals surface area contributed by atoms with Crippen LogP contribution in [0.25, 0.3) is 0 Å². The number of rotatable bonds is 6. The van der Waals surface area contributed by atoms with E-state index in [2.05, 4.69) is 5.32 Å². The summed E-state index contributed by atoms with van der Waals surface area (Å²) in [5, 5.41) is 14.0. The maximum absolute atomic E-state index is 12.7. The molecule has 1 amide bonds. The number of hydrogen-bond donors (Lipinski definition) is 1. The Morgan fingerprint density at radius 2 is 1.57 bits per heavy atom. The van der Waals surface area contributed by atoms with Gasteiger partial charge in [-0.3, -0.25) is 14.9 Å². The van der Waals surface area contributed by atoms with Crippen LogP contribution in [0.1, 0.15) is 31.8 Å². The van der Waals surface area contributed by atoms with Gasteiger partial charge in [0.2, 0.25) is 0 Å². The first-order valence-electron chi connectivity index (χ1n) is 8.14. The van der Waals surface area contributed by atoms with Crippen LogP contribution in [0.5, 0.6) is 11.5 Å². The van der Waals surface area contributed by atoms with Crippen LogP contribution in [0.2, 0.25) is 0 Å². The molecule has 0 aliphatic heterocycles. The van der Waals surface area contributed by atoms with Gasteiger partial charge >= 0.3 is 5.97 Å². The molecule has 0 bridgehead atoms. The van der Waals surface area contributed by atoms with Gasteiger partial charge in [0.15, 0.2) is 11.5 Å². The van der Waals surface area contributed by atoms with Gasteiger partial charge in [-0.15, -0.1) is 0 Å². The lowest BCUT2D eigenvalue weighted by Crippen LogP contribution is -2.16. The molecule has 0 radical (unpaired) electrons. The Kier molecular flexibility index (Phi) is 6.19. The Morgan fingerprint density at radius 1 is 0.964 bits per heavy atom. The third-order valence-corrected chi connectivity index (χ3v) is 4.27. The van der Waals surface area contributed by atoms with E-state index < -0.39 is 22.5 Å². The molecule has 0 aliphatic rings. The van der Waals surface area contributed by atoms with Crippen LogP contribution in [0.3, 0.4) is 0 Å². The molecule has 0 atom stereocenters. The van der Waals surface area contributed by atoms with Gasteiger partial charge in [-0.2, -0.15) is 0 Å². The third-order valence-electron chi connectivity index (χ3n) is 4.27. The first-order chi connectivity index (χ1) is 13.2. The van der Waals surface area contributed by atoms with Gasteiger partial charge in [0.25, 0.3) is 11.6 Å². The Hall–Kier alpha value is -3.62. The van der Waals surface area contributed by atoms with Crippen molar-refractivity contribution in [2.24, 2.45) is 0 Å². The average molecular weight is 388 g/mol. The van der Waals surface area contributed by atoms with Crippen LogP contribution < -0.4 is 14.8 Å². The third kappa shape index (κ3) is 4.03. The Labute approximate surface area is 161 Å². The lowest BCUT2D eigenvalue weighted by molar-refractivity contribution is -0.385. The fourth-order valence-corrected chi connectivity index (χ4v) is 2.65. The smallest absolute Gasteiger partial charge is 0.338 e. The van der Waals surface area contributed by atoms with Gasteiger partial charge in [0.1, 0.15) is 5.56 Å². The van der Waals surface area contributed by atoms with Gasteiger partial charge in [0.05, 0.1) is 37.9 Å². The molecule has 2 aromatic rings. The second kappa shape index (κ2) is 8.38. The number of anilines is 1. The highest BCUT2D eigenvalue weighted by Crippen LogP contribution is 2.35. The van der Waals surface area contributed by atoms with E-state index in [0.29, 0.717) is 16.8 Å². The number of nitro benzene ring substituents is 1. The fourth-order valence-electron chi connectivity index (χ4n) is 2.65. The molecule has 1 N–H and O–H groups in total. The second-order valence-electron chi connectivity index (χ2n) is 5.89. The van der Waals surface area contributed by atoms with Crippen molar-refractivity contribution in [2.45, 2.75) is 13.8 Å². The minimum absolute atomic E-state index is 0.130. The molecule has 0 saturated heterocycles. The summed E-state index contributed by atoms with van der Waals surface area (Å²) in [6, 6.07) is 5.47. The minimum atomic E-state index is -0.730. The normalized spacial score (nSPS) is 10.2. The van der Waals surface area contributed by atoms with E-state index in [9.17, 15) is 19.7 Å². The highest BCUT2D eigenvalue weighted by molar-refractivity contribution is 6.08. The van der Waals surface area contributed by atoms with Crippen molar-refractivity contribution >= 4 is 23.3 Å². The lowest BCUT2D eigenvalue weighted by Gasteiger charge is -2.13. The first kappa shape index (κ1) is 20.7. The monoisotopic (exact) mass is 388 g/mol. The zero-order valence-corrected chi connectivity index (χ0v) is 16.1. The molecule has 2 aromatic carbocycles. The summed E-state index contributed by atoms with van der Waals surface area (Å²) in [5.41, 5.74) is 1.41. The fraction of sp³-hybridized carbons (Fsp3) is 0.263. The Bertz CT molecular complexity index is 954. The van der Waals surface area contributed by atoms with Crippen molar-refractivity contribution in [3.05, 3.63) is 56.6 Å². The van der Waals surface area contributed by atoms with E-state index in [-0.39, 0.29) is 17.1 Å². The molecule has 148 valence electrons. The highest BCUT2D eigenvalue weighted by atomic mass is 16.6. The van der Waals surface area contributed by atoms with E-state index in [1.165, 1.54) is 33.5 Å². The maximum Gasteiger partial charge on any atom is 0.338 e. The van der Waals surface area contributed by atoms with E-state index in [1.54, 1.807) is 19.9 Å². The number of ether oxygens (including phenoxy) is 3. The second-order valence-corrected chi connectivity index (χ2v) is 5.89. The number of benzene rings is 2. The van der Waals surface area contributed by atoms with Crippen LogP contribution in [0.15, 0.2) is 24.3 Å². The van der Waals surface area contributed by atoms with Crippen LogP contribution in [-0.2, 0) is 4.74 Å². The summed E-state index contributed by atoms with van der Waals surface area (Å²) in [6.07, 6.45) is 0. The average Bonchev–Trinajstić information content (AvgIpc) is 2.68.